The maximum absolute atomic E-state index is 5.67. The highest BCUT2D eigenvalue weighted by Crippen LogP contribution is 2.38. The van der Waals surface area contributed by atoms with Crippen LogP contribution < -0.4 is 5.32 Å². The summed E-state index contributed by atoms with van der Waals surface area (Å²) in [5.41, 5.74) is 0. The van der Waals surface area contributed by atoms with E-state index in [4.69, 9.17) is 4.42 Å². The van der Waals surface area contributed by atoms with Crippen molar-refractivity contribution < 1.29 is 4.42 Å². The van der Waals surface area contributed by atoms with Gasteiger partial charge in [0.05, 0.1) is 16.8 Å². The van der Waals surface area contributed by atoms with Crippen LogP contribution in [-0.2, 0) is 0 Å². The van der Waals surface area contributed by atoms with Crippen molar-refractivity contribution in [1.82, 2.24) is 10.2 Å². The van der Waals surface area contributed by atoms with E-state index in [1.165, 1.54) is 12.8 Å². The second-order valence-corrected chi connectivity index (χ2v) is 5.62. The molecule has 0 amide bonds. The molecule has 2 rings (SSSR count). The molecule has 17 heavy (non-hydrogen) atoms. The van der Waals surface area contributed by atoms with Gasteiger partial charge in [-0.25, -0.2) is 0 Å². The molecular formula is C13H21BrN2O. The van der Waals surface area contributed by atoms with Gasteiger partial charge in [0.25, 0.3) is 0 Å². The van der Waals surface area contributed by atoms with Gasteiger partial charge in [-0.15, -0.1) is 0 Å². The van der Waals surface area contributed by atoms with Crippen molar-refractivity contribution in [3.8, 4) is 0 Å². The molecule has 0 radical (unpaired) electrons. The lowest BCUT2D eigenvalue weighted by atomic mass is 9.88. The Morgan fingerprint density at radius 1 is 1.59 bits per heavy atom. The molecule has 2 heterocycles. The van der Waals surface area contributed by atoms with E-state index in [-0.39, 0.29) is 0 Å². The van der Waals surface area contributed by atoms with Crippen LogP contribution in [-0.4, -0.2) is 31.6 Å². The zero-order chi connectivity index (χ0) is 12.3. The SMILES string of the molecule is CCNCC1CCCN(C)C1c1occc1Br. The molecule has 3 nitrogen and oxygen atoms in total. The highest BCUT2D eigenvalue weighted by atomic mass is 79.9. The lowest BCUT2D eigenvalue weighted by molar-refractivity contribution is 0.101. The zero-order valence-corrected chi connectivity index (χ0v) is 12.2. The molecule has 1 aliphatic rings. The molecule has 0 bridgehead atoms. The summed E-state index contributed by atoms with van der Waals surface area (Å²) < 4.78 is 6.76. The third-order valence-corrected chi connectivity index (χ3v) is 4.23. The Labute approximate surface area is 112 Å². The number of rotatable bonds is 4. The van der Waals surface area contributed by atoms with E-state index in [0.717, 1.165) is 29.9 Å². The summed E-state index contributed by atoms with van der Waals surface area (Å²) >= 11 is 3.58. The summed E-state index contributed by atoms with van der Waals surface area (Å²) in [5.74, 6) is 1.71. The molecule has 0 aromatic carbocycles. The lowest BCUT2D eigenvalue weighted by Crippen LogP contribution is -2.40. The fourth-order valence-electron chi connectivity index (χ4n) is 2.73. The molecule has 0 saturated carbocycles. The van der Waals surface area contributed by atoms with Crippen molar-refractivity contribution in [1.29, 1.82) is 0 Å². The van der Waals surface area contributed by atoms with Gasteiger partial charge in [-0.3, -0.25) is 4.90 Å². The molecule has 0 spiro atoms. The quantitative estimate of drug-likeness (QED) is 0.926. The van der Waals surface area contributed by atoms with Crippen LogP contribution in [0.3, 0.4) is 0 Å². The number of nitrogens with zero attached hydrogens (tertiary/aromatic N) is 1. The van der Waals surface area contributed by atoms with Gasteiger partial charge in [-0.1, -0.05) is 6.92 Å². The summed E-state index contributed by atoms with van der Waals surface area (Å²) in [6.45, 7) is 5.41. The number of halogens is 1. The Kier molecular flexibility index (Phi) is 4.65. The molecule has 1 saturated heterocycles. The minimum Gasteiger partial charge on any atom is -0.466 e. The van der Waals surface area contributed by atoms with Gasteiger partial charge in [0.1, 0.15) is 5.76 Å². The fourth-order valence-corrected chi connectivity index (χ4v) is 3.17. The summed E-state index contributed by atoms with van der Waals surface area (Å²) in [5, 5.41) is 3.47. The van der Waals surface area contributed by atoms with Gasteiger partial charge in [0, 0.05) is 0 Å². The lowest BCUT2D eigenvalue weighted by Gasteiger charge is -2.38. The first-order chi connectivity index (χ1) is 8.24. The molecule has 1 N–H and O–H groups in total. The van der Waals surface area contributed by atoms with Crippen molar-refractivity contribution in [2.75, 3.05) is 26.7 Å². The van der Waals surface area contributed by atoms with E-state index in [0.29, 0.717) is 12.0 Å². The van der Waals surface area contributed by atoms with Gasteiger partial charge in [-0.05, 0) is 67.4 Å². The standard InChI is InChI=1S/C13H21BrN2O/c1-3-15-9-10-5-4-7-16(2)12(10)13-11(14)6-8-17-13/h6,8,10,12,15H,3-5,7,9H2,1-2H3. The number of hydrogen-bond acceptors (Lipinski definition) is 3. The van der Waals surface area contributed by atoms with Crippen molar-refractivity contribution in [2.45, 2.75) is 25.8 Å². The van der Waals surface area contributed by atoms with Gasteiger partial charge in [-0.2, -0.15) is 0 Å². The molecule has 1 aromatic rings. The van der Waals surface area contributed by atoms with Crippen LogP contribution in [0.15, 0.2) is 21.2 Å². The second-order valence-electron chi connectivity index (χ2n) is 4.77. The van der Waals surface area contributed by atoms with Crippen molar-refractivity contribution in [3.63, 3.8) is 0 Å². The molecular weight excluding hydrogens is 280 g/mol. The Bertz CT molecular complexity index is 353. The van der Waals surface area contributed by atoms with Crippen LogP contribution in [0.4, 0.5) is 0 Å². The maximum atomic E-state index is 5.67. The third kappa shape index (κ3) is 2.92. The van der Waals surface area contributed by atoms with Crippen molar-refractivity contribution in [2.24, 2.45) is 5.92 Å². The van der Waals surface area contributed by atoms with Crippen LogP contribution in [0.25, 0.3) is 0 Å². The molecule has 96 valence electrons. The number of likely N-dealkylation sites (tertiary alicyclic amines) is 1. The number of nitrogens with one attached hydrogen (secondary N) is 1. The van der Waals surface area contributed by atoms with Crippen LogP contribution in [0.1, 0.15) is 31.6 Å². The minimum absolute atomic E-state index is 0.396. The van der Waals surface area contributed by atoms with E-state index >= 15 is 0 Å². The Balaban J connectivity index is 2.16. The molecule has 1 fully saturated rings. The molecule has 2 unspecified atom stereocenters. The van der Waals surface area contributed by atoms with Crippen LogP contribution in [0.2, 0.25) is 0 Å². The Hall–Kier alpha value is -0.320. The zero-order valence-electron chi connectivity index (χ0n) is 10.6. The topological polar surface area (TPSA) is 28.4 Å². The Morgan fingerprint density at radius 2 is 2.41 bits per heavy atom. The first-order valence-corrected chi connectivity index (χ1v) is 7.17. The molecule has 2 atom stereocenters. The largest absolute Gasteiger partial charge is 0.466 e. The minimum atomic E-state index is 0.396. The van der Waals surface area contributed by atoms with Crippen LogP contribution >= 0.6 is 15.9 Å². The van der Waals surface area contributed by atoms with E-state index in [1.807, 2.05) is 6.07 Å². The van der Waals surface area contributed by atoms with Crippen molar-refractivity contribution >= 4 is 15.9 Å². The summed E-state index contributed by atoms with van der Waals surface area (Å²) in [4.78, 5) is 2.41. The maximum Gasteiger partial charge on any atom is 0.135 e. The summed E-state index contributed by atoms with van der Waals surface area (Å²) in [6.07, 6.45) is 4.32. The first kappa shape index (κ1) is 13.1. The van der Waals surface area contributed by atoms with Crippen LogP contribution in [0, 0.1) is 5.92 Å². The summed E-state index contributed by atoms with van der Waals surface area (Å²) in [7, 11) is 2.19. The molecule has 4 heteroatoms. The fraction of sp³-hybridized carbons (Fsp3) is 0.692. The second kappa shape index (κ2) is 6.03. The highest BCUT2D eigenvalue weighted by molar-refractivity contribution is 9.10. The number of furan rings is 1. The predicted molar refractivity (Wildman–Crippen MR) is 73.0 cm³/mol. The molecule has 1 aliphatic heterocycles. The molecule has 0 aliphatic carbocycles. The van der Waals surface area contributed by atoms with E-state index in [9.17, 15) is 0 Å². The smallest absolute Gasteiger partial charge is 0.135 e. The predicted octanol–water partition coefficient (Wildman–Crippen LogP) is 3.03. The number of piperidine rings is 1. The average molecular weight is 301 g/mol. The number of hydrogen-bond donors (Lipinski definition) is 1. The normalized spacial score (nSPS) is 26.3. The van der Waals surface area contributed by atoms with Gasteiger partial charge in [0.2, 0.25) is 0 Å². The highest BCUT2D eigenvalue weighted by Gasteiger charge is 2.33. The monoisotopic (exact) mass is 300 g/mol. The Morgan fingerprint density at radius 3 is 3.06 bits per heavy atom. The third-order valence-electron chi connectivity index (χ3n) is 3.58. The average Bonchev–Trinajstić information content (AvgIpc) is 2.73. The van der Waals surface area contributed by atoms with E-state index < -0.39 is 0 Å². The summed E-state index contributed by atoms with van der Waals surface area (Å²) in [6, 6.07) is 2.38. The molecule has 1 aromatic heterocycles. The van der Waals surface area contributed by atoms with E-state index in [2.05, 4.69) is 40.1 Å². The van der Waals surface area contributed by atoms with Crippen molar-refractivity contribution in [3.05, 3.63) is 22.6 Å². The van der Waals surface area contributed by atoms with Gasteiger partial charge in [0.15, 0.2) is 0 Å². The van der Waals surface area contributed by atoms with Gasteiger partial charge >= 0.3 is 0 Å². The first-order valence-electron chi connectivity index (χ1n) is 6.38. The van der Waals surface area contributed by atoms with Gasteiger partial charge < -0.3 is 9.73 Å². The van der Waals surface area contributed by atoms with Crippen LogP contribution in [0.5, 0.6) is 0 Å². The van der Waals surface area contributed by atoms with E-state index in [1.54, 1.807) is 6.26 Å².